The molecule has 7 nitrogen and oxygen atoms in total. The summed E-state index contributed by atoms with van der Waals surface area (Å²) in [5.74, 6) is 0.180. The molecule has 40 heavy (non-hydrogen) atoms. The van der Waals surface area contributed by atoms with Crippen molar-refractivity contribution < 1.29 is 8.42 Å². The van der Waals surface area contributed by atoms with Crippen LogP contribution in [0.3, 0.4) is 0 Å². The third-order valence-corrected chi connectivity index (χ3v) is 10.6. The highest BCUT2D eigenvalue weighted by Crippen LogP contribution is 2.36. The van der Waals surface area contributed by atoms with Gasteiger partial charge in [-0.3, -0.25) is 0 Å². The fraction of sp³-hybridized carbons (Fsp3) is 0.483. The lowest BCUT2D eigenvalue weighted by atomic mass is 9.79. The zero-order valence-electron chi connectivity index (χ0n) is 23.1. The van der Waals surface area contributed by atoms with Crippen LogP contribution in [0.25, 0.3) is 0 Å². The molecule has 5 rings (SSSR count). The molecule has 1 aromatic heterocycles. The van der Waals surface area contributed by atoms with Crippen molar-refractivity contribution in [3.63, 3.8) is 0 Å². The van der Waals surface area contributed by atoms with Crippen LogP contribution in [0.4, 0.5) is 5.69 Å². The van der Waals surface area contributed by atoms with Gasteiger partial charge in [0.05, 0.1) is 24.3 Å². The summed E-state index contributed by atoms with van der Waals surface area (Å²) in [6.45, 7) is 5.80. The lowest BCUT2D eigenvalue weighted by Crippen LogP contribution is -2.47. The second kappa shape index (κ2) is 14.0. The number of halogens is 3. The minimum atomic E-state index is -3.51. The van der Waals surface area contributed by atoms with E-state index in [1.165, 1.54) is 0 Å². The van der Waals surface area contributed by atoms with E-state index >= 15 is 0 Å². The smallest absolute Gasteiger partial charge is 0.214 e. The second-order valence-electron chi connectivity index (χ2n) is 11.2. The standard InChI is InChI=1S/C29H38BrN5O2S.2ClH/c1-29(10-13-31-14-11-29)12-15-38(36,37)35-19-24-17-25(30)8-9-28(24)34(21-27-18-32-22-33(27)2)20-26(35)16-23-6-4-3-5-7-23;;/h3-9,17-18,22,26,31H,10-16,19-21H2,1-2H3;2*1H/t26-;;/m1../s1. The highest BCUT2D eigenvalue weighted by atomic mass is 79.9. The Hall–Kier alpha value is -1.62. The summed E-state index contributed by atoms with van der Waals surface area (Å²) in [6, 6.07) is 16.3. The van der Waals surface area contributed by atoms with E-state index in [0.29, 0.717) is 32.5 Å². The molecule has 1 N–H and O–H groups in total. The predicted octanol–water partition coefficient (Wildman–Crippen LogP) is 5.57. The van der Waals surface area contributed by atoms with E-state index in [2.05, 4.69) is 62.3 Å². The van der Waals surface area contributed by atoms with Crippen molar-refractivity contribution >= 4 is 56.5 Å². The Labute approximate surface area is 259 Å². The number of nitrogens with one attached hydrogen (secondary N) is 1. The lowest BCUT2D eigenvalue weighted by Gasteiger charge is -2.36. The Kier molecular flexibility index (Phi) is 11.5. The van der Waals surface area contributed by atoms with Crippen LogP contribution >= 0.6 is 40.7 Å². The van der Waals surface area contributed by atoms with Gasteiger partial charge < -0.3 is 14.8 Å². The van der Waals surface area contributed by atoms with Crippen molar-refractivity contribution in [2.75, 3.05) is 30.3 Å². The predicted molar refractivity (Wildman–Crippen MR) is 171 cm³/mol. The molecule has 1 fully saturated rings. The monoisotopic (exact) mass is 671 g/mol. The zero-order chi connectivity index (χ0) is 26.8. The number of fused-ring (bicyclic) bond motifs is 1. The third-order valence-electron chi connectivity index (χ3n) is 8.26. The molecule has 0 spiro atoms. The number of aromatic nitrogens is 2. The van der Waals surface area contributed by atoms with Gasteiger partial charge in [-0.05, 0) is 73.5 Å². The number of benzene rings is 2. The van der Waals surface area contributed by atoms with Gasteiger partial charge in [0.25, 0.3) is 0 Å². The fourth-order valence-corrected chi connectivity index (χ4v) is 8.09. The molecule has 11 heteroatoms. The first-order chi connectivity index (χ1) is 18.2. The first kappa shape index (κ1) is 32.9. The van der Waals surface area contributed by atoms with Gasteiger partial charge in [0, 0.05) is 42.5 Å². The largest absolute Gasteiger partial charge is 0.364 e. The van der Waals surface area contributed by atoms with Gasteiger partial charge in [-0.25, -0.2) is 13.4 Å². The molecule has 0 amide bonds. The topological polar surface area (TPSA) is 70.5 Å². The second-order valence-corrected chi connectivity index (χ2v) is 14.1. The minimum absolute atomic E-state index is 0. The summed E-state index contributed by atoms with van der Waals surface area (Å²) in [5.41, 5.74) is 4.40. The Morgan fingerprint density at radius 3 is 2.50 bits per heavy atom. The maximum Gasteiger partial charge on any atom is 0.214 e. The lowest BCUT2D eigenvalue weighted by molar-refractivity contribution is 0.219. The number of hydrogen-bond donors (Lipinski definition) is 1. The zero-order valence-corrected chi connectivity index (χ0v) is 27.2. The van der Waals surface area contributed by atoms with Crippen molar-refractivity contribution in [2.45, 2.75) is 51.7 Å². The number of hydrogen-bond acceptors (Lipinski definition) is 5. The molecular weight excluding hydrogens is 633 g/mol. The van der Waals surface area contributed by atoms with Crippen LogP contribution < -0.4 is 10.2 Å². The number of anilines is 1. The summed E-state index contributed by atoms with van der Waals surface area (Å²) in [7, 11) is -1.51. The van der Waals surface area contributed by atoms with Crippen LogP contribution in [-0.4, -0.2) is 53.7 Å². The molecule has 0 unspecified atom stereocenters. The molecule has 2 aliphatic heterocycles. The maximum atomic E-state index is 14.2. The van der Waals surface area contributed by atoms with E-state index in [0.717, 1.165) is 52.9 Å². The molecule has 1 atom stereocenters. The van der Waals surface area contributed by atoms with Gasteiger partial charge in [-0.2, -0.15) is 4.31 Å². The van der Waals surface area contributed by atoms with Gasteiger partial charge in [0.1, 0.15) is 0 Å². The molecule has 0 bridgehead atoms. The van der Waals surface area contributed by atoms with E-state index in [9.17, 15) is 8.42 Å². The van der Waals surface area contributed by atoms with Gasteiger partial charge >= 0.3 is 0 Å². The van der Waals surface area contributed by atoms with Crippen molar-refractivity contribution in [2.24, 2.45) is 12.5 Å². The summed E-state index contributed by atoms with van der Waals surface area (Å²) < 4.78 is 33.1. The van der Waals surface area contributed by atoms with E-state index in [1.807, 2.05) is 48.4 Å². The minimum Gasteiger partial charge on any atom is -0.364 e. The van der Waals surface area contributed by atoms with Crippen LogP contribution in [0.15, 0.2) is 65.5 Å². The SMILES string of the molecule is Cl.Cl.Cn1cncc1CN1C[C@@H](Cc2ccccc2)N(S(=O)(=O)CCC2(C)CCNCC2)Cc2cc(Br)ccc21. The summed E-state index contributed by atoms with van der Waals surface area (Å²) in [4.78, 5) is 6.64. The molecule has 2 aliphatic rings. The number of imidazole rings is 1. The number of aryl methyl sites for hydroxylation is 1. The first-order valence-corrected chi connectivity index (χ1v) is 15.9. The summed E-state index contributed by atoms with van der Waals surface area (Å²) >= 11 is 3.63. The Morgan fingerprint density at radius 1 is 1.10 bits per heavy atom. The molecule has 0 saturated carbocycles. The molecule has 3 aromatic rings. The van der Waals surface area contributed by atoms with Crippen LogP contribution in [0.2, 0.25) is 0 Å². The van der Waals surface area contributed by atoms with E-state index in [-0.39, 0.29) is 42.0 Å². The molecule has 0 aliphatic carbocycles. The van der Waals surface area contributed by atoms with E-state index in [4.69, 9.17) is 0 Å². The van der Waals surface area contributed by atoms with Crippen LogP contribution in [-0.2, 0) is 36.6 Å². The van der Waals surface area contributed by atoms with Crippen LogP contribution in [0, 0.1) is 5.41 Å². The van der Waals surface area contributed by atoms with Crippen molar-refractivity contribution in [1.82, 2.24) is 19.2 Å². The Balaban J connectivity index is 0.00000220. The highest BCUT2D eigenvalue weighted by Gasteiger charge is 2.37. The fourth-order valence-electron chi connectivity index (χ4n) is 5.76. The number of piperidine rings is 1. The quantitative estimate of drug-likeness (QED) is 0.339. The van der Waals surface area contributed by atoms with Gasteiger partial charge in [-0.1, -0.05) is 53.2 Å². The Morgan fingerprint density at radius 2 is 1.82 bits per heavy atom. The molecule has 1 saturated heterocycles. The number of sulfonamides is 1. The van der Waals surface area contributed by atoms with Crippen molar-refractivity contribution in [3.8, 4) is 0 Å². The molecule has 0 radical (unpaired) electrons. The van der Waals surface area contributed by atoms with Crippen LogP contribution in [0.1, 0.15) is 43.0 Å². The molecule has 3 heterocycles. The summed E-state index contributed by atoms with van der Waals surface area (Å²) in [5, 5.41) is 3.41. The normalized spacial score (nSPS) is 19.2. The maximum absolute atomic E-state index is 14.2. The van der Waals surface area contributed by atoms with Gasteiger partial charge in [-0.15, -0.1) is 24.8 Å². The van der Waals surface area contributed by atoms with Crippen molar-refractivity contribution in [3.05, 3.63) is 82.3 Å². The molecule has 2 aromatic carbocycles. The first-order valence-electron chi connectivity index (χ1n) is 13.5. The highest BCUT2D eigenvalue weighted by molar-refractivity contribution is 9.10. The van der Waals surface area contributed by atoms with Gasteiger partial charge in [0.15, 0.2) is 0 Å². The molecular formula is C29H40BrCl2N5O2S. The van der Waals surface area contributed by atoms with Crippen molar-refractivity contribution in [1.29, 1.82) is 0 Å². The molecule has 220 valence electrons. The number of rotatable bonds is 8. The van der Waals surface area contributed by atoms with Gasteiger partial charge in [0.2, 0.25) is 10.0 Å². The summed E-state index contributed by atoms with van der Waals surface area (Å²) in [6.07, 6.45) is 7.10. The average Bonchev–Trinajstić information content (AvgIpc) is 3.23. The Bertz CT molecular complexity index is 1350. The third kappa shape index (κ3) is 7.81. The van der Waals surface area contributed by atoms with E-state index < -0.39 is 10.0 Å². The van der Waals surface area contributed by atoms with Crippen LogP contribution in [0.5, 0.6) is 0 Å². The number of nitrogens with zero attached hydrogens (tertiary/aromatic N) is 4. The average molecular weight is 674 g/mol. The van der Waals surface area contributed by atoms with E-state index in [1.54, 1.807) is 4.31 Å².